The van der Waals surface area contributed by atoms with Crippen molar-refractivity contribution in [1.82, 2.24) is 35.5 Å². The smallest absolute Gasteiger partial charge is 0.251 e. The number of nitrogens with zero attached hydrogens (tertiary/aromatic N) is 5. The number of hydrogen-bond acceptors (Lipinski definition) is 14. The van der Waals surface area contributed by atoms with Gasteiger partial charge in [-0.25, -0.2) is 26.8 Å². The van der Waals surface area contributed by atoms with Crippen molar-refractivity contribution in [2.45, 2.75) is 125 Å². The van der Waals surface area contributed by atoms with Gasteiger partial charge in [0.2, 0.25) is 11.8 Å². The molecule has 0 radical (unpaired) electrons. The topological polar surface area (TPSA) is 234 Å². The number of unbranched alkanes of at least 4 members (excludes halogenated alkanes) is 1. The molecular formula is C54H66Br2N8O8S2. The van der Waals surface area contributed by atoms with Crippen LogP contribution < -0.4 is 16.4 Å². The van der Waals surface area contributed by atoms with Gasteiger partial charge in [-0.05, 0) is 163 Å². The number of aryl methyl sites for hydroxylation is 2. The van der Waals surface area contributed by atoms with E-state index in [2.05, 4.69) is 67.3 Å². The summed E-state index contributed by atoms with van der Waals surface area (Å²) in [7, 11) is -6.67. The lowest BCUT2D eigenvalue weighted by Gasteiger charge is -2.23. The van der Waals surface area contributed by atoms with Crippen LogP contribution in [0.25, 0.3) is 22.9 Å². The molecule has 20 heteroatoms. The van der Waals surface area contributed by atoms with E-state index in [0.29, 0.717) is 88.9 Å². The van der Waals surface area contributed by atoms with Crippen molar-refractivity contribution in [3.05, 3.63) is 143 Å². The molecule has 3 fully saturated rings. The maximum absolute atomic E-state index is 13.2. The van der Waals surface area contributed by atoms with E-state index < -0.39 is 24.9 Å². The number of alkyl halides is 2. The molecule has 9 rings (SSSR count). The molecule has 2 saturated carbocycles. The Morgan fingerprint density at radius 1 is 0.649 bits per heavy atom. The van der Waals surface area contributed by atoms with Crippen molar-refractivity contribution in [3.63, 3.8) is 0 Å². The predicted octanol–water partition coefficient (Wildman–Crippen LogP) is 9.23. The molecule has 16 nitrogen and oxygen atoms in total. The van der Waals surface area contributed by atoms with Crippen LogP contribution in [0.4, 0.5) is 0 Å². The van der Waals surface area contributed by atoms with Crippen LogP contribution in [-0.2, 0) is 44.3 Å². The van der Waals surface area contributed by atoms with Crippen molar-refractivity contribution in [1.29, 1.82) is 0 Å². The van der Waals surface area contributed by atoms with Gasteiger partial charge in [-0.2, -0.15) is 0 Å². The predicted molar refractivity (Wildman–Crippen MR) is 294 cm³/mol. The summed E-state index contributed by atoms with van der Waals surface area (Å²) < 4.78 is 63.4. The maximum Gasteiger partial charge on any atom is 0.251 e. The third-order valence-corrected chi connectivity index (χ3v) is 18.9. The van der Waals surface area contributed by atoms with Gasteiger partial charge in [0.1, 0.15) is 11.5 Å². The van der Waals surface area contributed by atoms with Crippen LogP contribution >= 0.6 is 31.9 Å². The van der Waals surface area contributed by atoms with Crippen molar-refractivity contribution in [3.8, 4) is 22.9 Å². The zero-order valence-corrected chi connectivity index (χ0v) is 46.7. The molecule has 396 valence electrons. The second-order valence-electron chi connectivity index (χ2n) is 19.0. The number of aromatic nitrogens is 4. The summed E-state index contributed by atoms with van der Waals surface area (Å²) in [5.41, 5.74) is 11.0. The Morgan fingerprint density at radius 2 is 1.09 bits per heavy atom. The Kier molecular flexibility index (Phi) is 20.7. The summed E-state index contributed by atoms with van der Waals surface area (Å²) >= 11 is 6.66. The summed E-state index contributed by atoms with van der Waals surface area (Å²) in [6.07, 6.45) is 16.0. The highest BCUT2D eigenvalue weighted by atomic mass is 79.9. The molecule has 2 aromatic carbocycles. The molecule has 0 spiro atoms. The third kappa shape index (κ3) is 16.0. The number of nitrogens with one attached hydrogen (secondary N) is 2. The van der Waals surface area contributed by atoms with Crippen LogP contribution in [0.15, 0.2) is 106 Å². The lowest BCUT2D eigenvalue weighted by atomic mass is 10.1. The highest BCUT2D eigenvalue weighted by molar-refractivity contribution is 9.09. The fraction of sp³-hybridized carbons (Fsp3) is 0.444. The van der Waals surface area contributed by atoms with Crippen LogP contribution in [0, 0.1) is 13.8 Å². The van der Waals surface area contributed by atoms with E-state index in [1.807, 2.05) is 24.3 Å². The summed E-state index contributed by atoms with van der Waals surface area (Å²) in [4.78, 5) is 44.3. The molecule has 0 bridgehead atoms. The average molecular weight is 1180 g/mol. The van der Waals surface area contributed by atoms with Crippen LogP contribution in [0.1, 0.15) is 119 Å². The highest BCUT2D eigenvalue weighted by Gasteiger charge is 2.38. The minimum absolute atomic E-state index is 0.0520. The van der Waals surface area contributed by atoms with E-state index in [1.165, 1.54) is 25.7 Å². The lowest BCUT2D eigenvalue weighted by molar-refractivity contribution is 0.0943. The van der Waals surface area contributed by atoms with E-state index in [0.717, 1.165) is 60.6 Å². The van der Waals surface area contributed by atoms with Crippen LogP contribution in [0.3, 0.4) is 0 Å². The Labute approximate surface area is 451 Å². The van der Waals surface area contributed by atoms with E-state index in [9.17, 15) is 26.4 Å². The van der Waals surface area contributed by atoms with E-state index in [4.69, 9.17) is 14.6 Å². The summed E-state index contributed by atoms with van der Waals surface area (Å²) in [6, 6.07) is 21.6. The number of halogens is 2. The van der Waals surface area contributed by atoms with Gasteiger partial charge in [0, 0.05) is 82.9 Å². The maximum atomic E-state index is 13.2. The molecule has 2 aliphatic carbocycles. The second-order valence-corrected chi connectivity index (χ2v) is 25.2. The Balaban J connectivity index is 0.000000196. The van der Waals surface area contributed by atoms with E-state index >= 15 is 0 Å². The minimum atomic E-state index is -3.34. The number of carbonyl (C=O) groups is 2. The van der Waals surface area contributed by atoms with Gasteiger partial charge >= 0.3 is 0 Å². The minimum Gasteiger partial charge on any atom is -0.441 e. The molecule has 6 aromatic rings. The van der Waals surface area contributed by atoms with Gasteiger partial charge in [0.25, 0.3) is 11.8 Å². The first kappa shape index (κ1) is 56.6. The third-order valence-electron chi connectivity index (χ3n) is 13.6. The molecular weight excluding hydrogens is 1110 g/mol. The molecule has 4 atom stereocenters. The molecule has 1 aliphatic heterocycles. The quantitative estimate of drug-likeness (QED) is 0.0538. The van der Waals surface area contributed by atoms with Gasteiger partial charge < -0.3 is 30.1 Å². The lowest BCUT2D eigenvalue weighted by Crippen LogP contribution is -2.32. The fourth-order valence-corrected chi connectivity index (χ4v) is 13.9. The molecule has 1 saturated heterocycles. The molecule has 5 heterocycles. The first-order valence-electron chi connectivity index (χ1n) is 25.1. The number of hydrogen-bond donors (Lipinski definition) is 3. The van der Waals surface area contributed by atoms with Crippen molar-refractivity contribution in [2.24, 2.45) is 5.73 Å². The fourth-order valence-electron chi connectivity index (χ4n) is 9.26. The number of oxazole rings is 2. The van der Waals surface area contributed by atoms with Crippen LogP contribution in [-0.4, -0.2) is 99.8 Å². The highest BCUT2D eigenvalue weighted by Crippen LogP contribution is 2.34. The number of carbonyl (C=O) groups excluding carboxylic acids is 2. The Bertz CT molecular complexity index is 2970. The molecule has 2 amide bonds. The zero-order valence-electron chi connectivity index (χ0n) is 41.9. The summed E-state index contributed by atoms with van der Waals surface area (Å²) in [6.45, 7) is 6.43. The van der Waals surface area contributed by atoms with Gasteiger partial charge in [0.15, 0.2) is 19.7 Å². The SMILES string of the molecule is BrCCCCBr.Cc1oc(-c2ccc(C(=O)NCc3cccnc3)cc2)nc1CS(=O)(=O)[C@@H]1CC[C@H](N)C1.Cc1oc(-c2ccc(C(=O)NCc3cccnc3)cc2)nc1CS(=O)(=O)[C@@H]1CC[C@H](N2CCCC2)C1. The first-order chi connectivity index (χ1) is 35.6. The second kappa shape index (κ2) is 27.1. The molecule has 4 N–H and O–H groups in total. The first-order valence-corrected chi connectivity index (χ1v) is 30.8. The van der Waals surface area contributed by atoms with Gasteiger partial charge in [-0.1, -0.05) is 44.0 Å². The molecule has 3 aliphatic rings. The van der Waals surface area contributed by atoms with Crippen LogP contribution in [0.5, 0.6) is 0 Å². The number of amides is 2. The standard InChI is InChI=1S/C27H32N4O4S.C23H26N4O4S.C4H8Br2/c1-19-25(18-36(33,34)24-11-10-23(15-24)31-13-2-3-14-31)30-27(35-19)22-8-6-21(7-9-22)26(32)29-17-20-5-4-12-28-16-20;1-15-21(14-32(29,30)20-9-8-19(24)11-20)27-23(31-15)18-6-4-17(5-7-18)22(28)26-13-16-3-2-10-25-12-16;5-3-1-2-4-6/h4-9,12,16,23-24H,2-3,10-11,13-15,17-18H2,1H3,(H,29,32);2-7,10,12,19-20H,8-9,11,13-14,24H2,1H3,(H,26,28);1-4H2/t23-,24+;19-,20+;/m00./s1. The van der Waals surface area contributed by atoms with Crippen LogP contribution in [0.2, 0.25) is 0 Å². The Hall–Kier alpha value is -5.12. The number of benzene rings is 2. The van der Waals surface area contributed by atoms with Gasteiger partial charge in [-0.15, -0.1) is 0 Å². The van der Waals surface area contributed by atoms with Crippen molar-refractivity contribution < 1.29 is 35.3 Å². The van der Waals surface area contributed by atoms with E-state index in [1.54, 1.807) is 87.2 Å². The number of nitrogens with two attached hydrogens (primary N) is 1. The van der Waals surface area contributed by atoms with Gasteiger partial charge in [-0.3, -0.25) is 19.6 Å². The van der Waals surface area contributed by atoms with Crippen molar-refractivity contribution in [2.75, 3.05) is 23.7 Å². The van der Waals surface area contributed by atoms with Crippen molar-refractivity contribution >= 4 is 63.3 Å². The Morgan fingerprint density at radius 3 is 1.50 bits per heavy atom. The molecule has 4 aromatic heterocycles. The summed E-state index contributed by atoms with van der Waals surface area (Å²) in [5.74, 6) is 1.03. The van der Waals surface area contributed by atoms with E-state index in [-0.39, 0.29) is 34.6 Å². The monoisotopic (exact) mass is 1180 g/mol. The number of pyridine rings is 2. The average Bonchev–Trinajstić information content (AvgIpc) is 4.29. The normalized spacial score (nSPS) is 18.8. The number of likely N-dealkylation sites (tertiary alicyclic amines) is 1. The molecule has 0 unspecified atom stereocenters. The van der Waals surface area contributed by atoms with Gasteiger partial charge in [0.05, 0.1) is 33.4 Å². The molecule has 74 heavy (non-hydrogen) atoms. The summed E-state index contributed by atoms with van der Waals surface area (Å²) in [5, 5.41) is 7.27. The number of rotatable bonds is 18. The number of sulfone groups is 2. The zero-order chi connectivity index (χ0) is 52.7. The largest absolute Gasteiger partial charge is 0.441 e.